The van der Waals surface area contributed by atoms with Gasteiger partial charge in [-0.05, 0) is 12.1 Å². The van der Waals surface area contributed by atoms with Gasteiger partial charge < -0.3 is 5.32 Å². The SMILES string of the molecule is O=C(Nc1cccc2c(=O)[nH][nH]c(=O)c12)n1ccnc1. The van der Waals surface area contributed by atoms with Crippen LogP contribution in [0.25, 0.3) is 10.8 Å². The van der Waals surface area contributed by atoms with E-state index in [4.69, 9.17) is 0 Å². The number of benzene rings is 1. The molecule has 0 fully saturated rings. The highest BCUT2D eigenvalue weighted by molar-refractivity contribution is 6.01. The van der Waals surface area contributed by atoms with E-state index in [-0.39, 0.29) is 16.5 Å². The van der Waals surface area contributed by atoms with Gasteiger partial charge in [0.2, 0.25) is 0 Å². The highest BCUT2D eigenvalue weighted by Crippen LogP contribution is 2.16. The van der Waals surface area contributed by atoms with Crippen molar-refractivity contribution in [3.63, 3.8) is 0 Å². The molecule has 0 saturated carbocycles. The summed E-state index contributed by atoms with van der Waals surface area (Å²) in [7, 11) is 0. The van der Waals surface area contributed by atoms with Crippen molar-refractivity contribution in [2.45, 2.75) is 0 Å². The summed E-state index contributed by atoms with van der Waals surface area (Å²) in [5.74, 6) is 0. The number of nitrogens with one attached hydrogen (secondary N) is 3. The monoisotopic (exact) mass is 271 g/mol. The van der Waals surface area contributed by atoms with Crippen molar-refractivity contribution in [2.75, 3.05) is 5.32 Å². The van der Waals surface area contributed by atoms with Gasteiger partial charge in [-0.25, -0.2) is 9.78 Å². The van der Waals surface area contributed by atoms with Crippen LogP contribution < -0.4 is 16.4 Å². The molecule has 0 aliphatic carbocycles. The number of amides is 1. The van der Waals surface area contributed by atoms with E-state index in [0.29, 0.717) is 0 Å². The number of nitrogens with zero attached hydrogens (tertiary/aromatic N) is 2. The van der Waals surface area contributed by atoms with Crippen molar-refractivity contribution >= 4 is 22.5 Å². The van der Waals surface area contributed by atoms with E-state index >= 15 is 0 Å². The van der Waals surface area contributed by atoms with Crippen LogP contribution in [-0.4, -0.2) is 25.8 Å². The fourth-order valence-corrected chi connectivity index (χ4v) is 1.89. The average Bonchev–Trinajstić information content (AvgIpc) is 2.97. The zero-order valence-electron chi connectivity index (χ0n) is 10.1. The molecular formula is C12H9N5O3. The lowest BCUT2D eigenvalue weighted by atomic mass is 10.1. The molecule has 0 radical (unpaired) electrons. The first kappa shape index (κ1) is 11.9. The third-order valence-corrected chi connectivity index (χ3v) is 2.81. The second-order valence-corrected chi connectivity index (χ2v) is 4.04. The average molecular weight is 271 g/mol. The highest BCUT2D eigenvalue weighted by atomic mass is 16.2. The van der Waals surface area contributed by atoms with Crippen molar-refractivity contribution in [1.29, 1.82) is 0 Å². The van der Waals surface area contributed by atoms with Crippen LogP contribution in [0.2, 0.25) is 0 Å². The van der Waals surface area contributed by atoms with Crippen molar-refractivity contribution in [3.05, 3.63) is 57.6 Å². The lowest BCUT2D eigenvalue weighted by Crippen LogP contribution is -2.23. The highest BCUT2D eigenvalue weighted by Gasteiger charge is 2.11. The van der Waals surface area contributed by atoms with E-state index in [1.165, 1.54) is 29.4 Å². The number of carbonyl (C=O) groups excluding carboxylic acids is 1. The van der Waals surface area contributed by atoms with E-state index in [1.54, 1.807) is 12.1 Å². The van der Waals surface area contributed by atoms with Crippen molar-refractivity contribution in [2.24, 2.45) is 0 Å². The van der Waals surface area contributed by atoms with Gasteiger partial charge in [0, 0.05) is 12.4 Å². The topological polar surface area (TPSA) is 113 Å². The quantitative estimate of drug-likeness (QED) is 0.597. The first-order valence-electron chi connectivity index (χ1n) is 5.70. The molecule has 3 aromatic rings. The van der Waals surface area contributed by atoms with Gasteiger partial charge in [0.05, 0.1) is 16.5 Å². The Morgan fingerprint density at radius 1 is 1.20 bits per heavy atom. The third-order valence-electron chi connectivity index (χ3n) is 2.81. The largest absolute Gasteiger partial charge is 0.331 e. The molecule has 0 aliphatic heterocycles. The molecular weight excluding hydrogens is 262 g/mol. The Hall–Kier alpha value is -3.16. The zero-order chi connectivity index (χ0) is 14.1. The number of H-pyrrole nitrogens is 2. The van der Waals surface area contributed by atoms with Crippen molar-refractivity contribution < 1.29 is 4.79 Å². The van der Waals surface area contributed by atoms with Gasteiger partial charge in [0.1, 0.15) is 6.33 Å². The standard InChI is InChI=1S/C12H9N5O3/c18-10-7-2-1-3-8(9(7)11(19)16-15-10)14-12(20)17-5-4-13-6-17/h1-6H,(H,14,20)(H,15,18)(H,16,19). The molecule has 0 unspecified atom stereocenters. The number of anilines is 1. The minimum Gasteiger partial charge on any atom is -0.306 e. The fraction of sp³-hybridized carbons (Fsp3) is 0. The van der Waals surface area contributed by atoms with E-state index in [1.807, 2.05) is 0 Å². The van der Waals surface area contributed by atoms with Crippen LogP contribution in [0, 0.1) is 0 Å². The van der Waals surface area contributed by atoms with Gasteiger partial charge in [-0.3, -0.25) is 24.4 Å². The van der Waals surface area contributed by atoms with E-state index in [9.17, 15) is 14.4 Å². The Balaban J connectivity index is 2.13. The summed E-state index contributed by atoms with van der Waals surface area (Å²) >= 11 is 0. The second-order valence-electron chi connectivity index (χ2n) is 4.04. The van der Waals surface area contributed by atoms with Crippen LogP contribution in [0.4, 0.5) is 10.5 Å². The second kappa shape index (κ2) is 4.50. The van der Waals surface area contributed by atoms with Gasteiger partial charge in [0.25, 0.3) is 11.1 Å². The molecule has 100 valence electrons. The molecule has 1 amide bonds. The summed E-state index contributed by atoms with van der Waals surface area (Å²) in [6.45, 7) is 0. The predicted molar refractivity (Wildman–Crippen MR) is 71.8 cm³/mol. The molecule has 0 aliphatic rings. The molecule has 8 heteroatoms. The number of imidazole rings is 1. The van der Waals surface area contributed by atoms with Gasteiger partial charge in [-0.1, -0.05) is 6.07 Å². The zero-order valence-corrected chi connectivity index (χ0v) is 10.1. The van der Waals surface area contributed by atoms with Crippen molar-refractivity contribution in [3.8, 4) is 0 Å². The Morgan fingerprint density at radius 2 is 2.00 bits per heavy atom. The Bertz CT molecular complexity index is 891. The summed E-state index contributed by atoms with van der Waals surface area (Å²) in [4.78, 5) is 39.2. The van der Waals surface area contributed by atoms with Crippen LogP contribution in [0.15, 0.2) is 46.5 Å². The Labute approximate surface area is 111 Å². The predicted octanol–water partition coefficient (Wildman–Crippen LogP) is 0.493. The third kappa shape index (κ3) is 1.88. The minimum atomic E-state index is -0.485. The number of fused-ring (bicyclic) bond motifs is 1. The summed E-state index contributed by atoms with van der Waals surface area (Å²) in [5, 5.41) is 7.36. The van der Waals surface area contributed by atoms with Crippen LogP contribution in [0.5, 0.6) is 0 Å². The molecule has 0 bridgehead atoms. The first-order valence-corrected chi connectivity index (χ1v) is 5.70. The summed E-state index contributed by atoms with van der Waals surface area (Å²) in [6.07, 6.45) is 4.26. The summed E-state index contributed by atoms with van der Waals surface area (Å²) < 4.78 is 1.22. The first-order chi connectivity index (χ1) is 9.66. The van der Waals surface area contributed by atoms with E-state index < -0.39 is 17.1 Å². The Morgan fingerprint density at radius 3 is 2.75 bits per heavy atom. The maximum Gasteiger partial charge on any atom is 0.331 e. The van der Waals surface area contributed by atoms with Crippen LogP contribution in [0.3, 0.4) is 0 Å². The van der Waals surface area contributed by atoms with Crippen LogP contribution in [0.1, 0.15) is 0 Å². The molecule has 0 spiro atoms. The molecule has 0 saturated heterocycles. The van der Waals surface area contributed by atoms with Gasteiger partial charge in [-0.15, -0.1) is 0 Å². The molecule has 2 heterocycles. The fourth-order valence-electron chi connectivity index (χ4n) is 1.89. The molecule has 1 aromatic carbocycles. The maximum absolute atomic E-state index is 11.9. The maximum atomic E-state index is 11.9. The number of hydrogen-bond donors (Lipinski definition) is 3. The Kier molecular flexibility index (Phi) is 2.68. The lowest BCUT2D eigenvalue weighted by Gasteiger charge is -2.07. The minimum absolute atomic E-state index is 0.129. The molecule has 20 heavy (non-hydrogen) atoms. The number of aromatic amines is 2. The van der Waals surface area contributed by atoms with Crippen LogP contribution >= 0.6 is 0 Å². The van der Waals surface area contributed by atoms with E-state index in [2.05, 4.69) is 20.5 Å². The van der Waals surface area contributed by atoms with Gasteiger partial charge in [0.15, 0.2) is 0 Å². The molecule has 2 aromatic heterocycles. The summed E-state index contributed by atoms with van der Waals surface area (Å²) in [6, 6.07) is 4.16. The smallest absolute Gasteiger partial charge is 0.306 e. The normalized spacial score (nSPS) is 10.6. The lowest BCUT2D eigenvalue weighted by molar-refractivity contribution is 0.253. The number of hydrogen-bond acceptors (Lipinski definition) is 4. The molecule has 3 rings (SSSR count). The van der Waals surface area contributed by atoms with Gasteiger partial charge in [-0.2, -0.15) is 0 Å². The summed E-state index contributed by atoms with van der Waals surface area (Å²) in [5.41, 5.74) is -0.659. The number of carbonyl (C=O) groups is 1. The van der Waals surface area contributed by atoms with Crippen LogP contribution in [-0.2, 0) is 0 Å². The number of rotatable bonds is 1. The van der Waals surface area contributed by atoms with E-state index in [0.717, 1.165) is 0 Å². The molecule has 8 nitrogen and oxygen atoms in total. The molecule has 3 N–H and O–H groups in total. The molecule has 0 atom stereocenters. The van der Waals surface area contributed by atoms with Gasteiger partial charge >= 0.3 is 6.03 Å². The number of aromatic nitrogens is 4. The van der Waals surface area contributed by atoms with Crippen molar-refractivity contribution in [1.82, 2.24) is 19.7 Å².